The summed E-state index contributed by atoms with van der Waals surface area (Å²) < 4.78 is 0. The van der Waals surface area contributed by atoms with Crippen molar-refractivity contribution >= 4 is 11.6 Å². The lowest BCUT2D eigenvalue weighted by Crippen LogP contribution is -2.34. The fraction of sp³-hybridized carbons (Fsp3) is 0.538. The Balaban J connectivity index is 2.11. The van der Waals surface area contributed by atoms with Crippen LogP contribution < -0.4 is 5.73 Å². The molecule has 1 aromatic heterocycles. The highest BCUT2D eigenvalue weighted by Gasteiger charge is 2.27. The number of anilines is 1. The first kappa shape index (κ1) is 11.9. The number of amides is 1. The van der Waals surface area contributed by atoms with Crippen LogP contribution in [0.25, 0.3) is 0 Å². The summed E-state index contributed by atoms with van der Waals surface area (Å²) in [5, 5.41) is 0. The highest BCUT2D eigenvalue weighted by atomic mass is 16.2. The number of carbonyl (C=O) groups excluding carboxylic acids is 1. The van der Waals surface area contributed by atoms with Crippen LogP contribution in [0.2, 0.25) is 0 Å². The van der Waals surface area contributed by atoms with Gasteiger partial charge >= 0.3 is 0 Å². The van der Waals surface area contributed by atoms with Crippen molar-refractivity contribution in [2.24, 2.45) is 5.92 Å². The van der Waals surface area contributed by atoms with E-state index in [9.17, 15) is 4.79 Å². The van der Waals surface area contributed by atoms with Crippen LogP contribution in [0, 0.1) is 5.92 Å². The van der Waals surface area contributed by atoms with E-state index in [-0.39, 0.29) is 5.91 Å². The van der Waals surface area contributed by atoms with Crippen LogP contribution in [0.4, 0.5) is 5.69 Å². The van der Waals surface area contributed by atoms with E-state index >= 15 is 0 Å². The summed E-state index contributed by atoms with van der Waals surface area (Å²) in [6.07, 6.45) is 5.06. The molecule has 1 heterocycles. The van der Waals surface area contributed by atoms with Gasteiger partial charge in [-0.1, -0.05) is 6.92 Å². The fourth-order valence-corrected chi connectivity index (χ4v) is 1.90. The fourth-order valence-electron chi connectivity index (χ4n) is 1.90. The van der Waals surface area contributed by atoms with Gasteiger partial charge in [0, 0.05) is 19.3 Å². The van der Waals surface area contributed by atoms with E-state index < -0.39 is 0 Å². The Morgan fingerprint density at radius 2 is 2.35 bits per heavy atom. The molecular formula is C13H19N3O. The van der Waals surface area contributed by atoms with Crippen molar-refractivity contribution in [1.29, 1.82) is 0 Å². The molecule has 1 aromatic rings. The van der Waals surface area contributed by atoms with Gasteiger partial charge in [0.1, 0.15) is 0 Å². The molecule has 0 aromatic carbocycles. The Hall–Kier alpha value is -1.58. The molecule has 17 heavy (non-hydrogen) atoms. The molecule has 4 heteroatoms. The summed E-state index contributed by atoms with van der Waals surface area (Å²) in [7, 11) is 0. The van der Waals surface area contributed by atoms with Gasteiger partial charge in [0.15, 0.2) is 5.69 Å². The van der Waals surface area contributed by atoms with Crippen molar-refractivity contribution in [3.8, 4) is 0 Å². The van der Waals surface area contributed by atoms with Crippen LogP contribution >= 0.6 is 0 Å². The number of pyridine rings is 1. The van der Waals surface area contributed by atoms with Crippen molar-refractivity contribution in [2.75, 3.05) is 18.8 Å². The highest BCUT2D eigenvalue weighted by molar-refractivity contribution is 5.97. The van der Waals surface area contributed by atoms with E-state index in [2.05, 4.69) is 11.9 Å². The molecule has 0 aliphatic heterocycles. The summed E-state index contributed by atoms with van der Waals surface area (Å²) in [6.45, 7) is 3.71. The number of aromatic nitrogens is 1. The third kappa shape index (κ3) is 2.96. The van der Waals surface area contributed by atoms with Gasteiger partial charge in [0.05, 0.1) is 5.69 Å². The third-order valence-electron chi connectivity index (χ3n) is 3.00. The maximum atomic E-state index is 12.3. The lowest BCUT2D eigenvalue weighted by Gasteiger charge is -2.22. The van der Waals surface area contributed by atoms with Crippen LogP contribution in [0.15, 0.2) is 18.3 Å². The van der Waals surface area contributed by atoms with E-state index in [1.54, 1.807) is 18.3 Å². The SMILES string of the molecule is CCCN(CC1CC1)C(=O)c1ncccc1N. The summed E-state index contributed by atoms with van der Waals surface area (Å²) in [6, 6.07) is 3.47. The Morgan fingerprint density at radius 1 is 1.59 bits per heavy atom. The van der Waals surface area contributed by atoms with Gasteiger partial charge in [0.25, 0.3) is 5.91 Å². The van der Waals surface area contributed by atoms with Crippen molar-refractivity contribution in [2.45, 2.75) is 26.2 Å². The Labute approximate surface area is 102 Å². The van der Waals surface area contributed by atoms with Gasteiger partial charge < -0.3 is 10.6 Å². The standard InChI is InChI=1S/C13H19N3O/c1-2-8-16(9-10-5-6-10)13(17)12-11(14)4-3-7-15-12/h3-4,7,10H,2,5-6,8-9,14H2,1H3. The Bertz CT molecular complexity index is 401. The van der Waals surface area contributed by atoms with Gasteiger partial charge in [-0.3, -0.25) is 4.79 Å². The predicted molar refractivity (Wildman–Crippen MR) is 67.6 cm³/mol. The molecule has 1 saturated carbocycles. The normalized spacial score (nSPS) is 14.6. The quantitative estimate of drug-likeness (QED) is 0.845. The molecule has 0 spiro atoms. The maximum Gasteiger partial charge on any atom is 0.274 e. The zero-order valence-electron chi connectivity index (χ0n) is 10.2. The first-order valence-corrected chi connectivity index (χ1v) is 6.22. The second kappa shape index (κ2) is 5.17. The number of hydrogen-bond donors (Lipinski definition) is 1. The van der Waals surface area contributed by atoms with Gasteiger partial charge in [-0.2, -0.15) is 0 Å². The second-order valence-electron chi connectivity index (χ2n) is 4.64. The summed E-state index contributed by atoms with van der Waals surface area (Å²) in [5.41, 5.74) is 6.65. The molecule has 1 fully saturated rings. The van der Waals surface area contributed by atoms with Gasteiger partial charge in [-0.25, -0.2) is 4.98 Å². The Morgan fingerprint density at radius 3 is 2.94 bits per heavy atom. The average Bonchev–Trinajstić information content (AvgIpc) is 3.12. The van der Waals surface area contributed by atoms with Crippen LogP contribution in [-0.4, -0.2) is 28.9 Å². The van der Waals surface area contributed by atoms with Crippen LogP contribution in [0.5, 0.6) is 0 Å². The average molecular weight is 233 g/mol. The minimum absolute atomic E-state index is 0.0307. The molecular weight excluding hydrogens is 214 g/mol. The molecule has 1 aliphatic carbocycles. The number of hydrogen-bond acceptors (Lipinski definition) is 3. The smallest absolute Gasteiger partial charge is 0.274 e. The first-order valence-electron chi connectivity index (χ1n) is 6.22. The topological polar surface area (TPSA) is 59.2 Å². The van der Waals surface area contributed by atoms with Crippen molar-refractivity contribution in [1.82, 2.24) is 9.88 Å². The van der Waals surface area contributed by atoms with Gasteiger partial charge in [0.2, 0.25) is 0 Å². The lowest BCUT2D eigenvalue weighted by molar-refractivity contribution is 0.0743. The molecule has 0 saturated heterocycles. The van der Waals surface area contributed by atoms with Crippen LogP contribution in [0.1, 0.15) is 36.7 Å². The van der Waals surface area contributed by atoms with Crippen LogP contribution in [-0.2, 0) is 0 Å². The van der Waals surface area contributed by atoms with Crippen molar-refractivity contribution in [3.63, 3.8) is 0 Å². The van der Waals surface area contributed by atoms with E-state index in [1.165, 1.54) is 12.8 Å². The van der Waals surface area contributed by atoms with E-state index in [0.717, 1.165) is 19.5 Å². The number of carbonyl (C=O) groups is 1. The first-order chi connectivity index (χ1) is 8.22. The van der Waals surface area contributed by atoms with Crippen LogP contribution in [0.3, 0.4) is 0 Å². The molecule has 0 atom stereocenters. The minimum Gasteiger partial charge on any atom is -0.397 e. The molecule has 0 bridgehead atoms. The number of nitrogens with zero attached hydrogens (tertiary/aromatic N) is 2. The molecule has 0 unspecified atom stereocenters. The maximum absolute atomic E-state index is 12.3. The van der Waals surface area contributed by atoms with E-state index in [1.807, 2.05) is 4.90 Å². The minimum atomic E-state index is -0.0307. The molecule has 0 radical (unpaired) electrons. The molecule has 4 nitrogen and oxygen atoms in total. The molecule has 2 rings (SSSR count). The summed E-state index contributed by atoms with van der Waals surface area (Å²) >= 11 is 0. The van der Waals surface area contributed by atoms with E-state index in [4.69, 9.17) is 5.73 Å². The zero-order valence-corrected chi connectivity index (χ0v) is 10.2. The highest BCUT2D eigenvalue weighted by Crippen LogP contribution is 2.30. The van der Waals surface area contributed by atoms with Crippen molar-refractivity contribution in [3.05, 3.63) is 24.0 Å². The summed E-state index contributed by atoms with van der Waals surface area (Å²) in [5.74, 6) is 0.660. The zero-order chi connectivity index (χ0) is 12.3. The largest absolute Gasteiger partial charge is 0.397 e. The third-order valence-corrected chi connectivity index (χ3v) is 3.00. The lowest BCUT2D eigenvalue weighted by atomic mass is 10.2. The second-order valence-corrected chi connectivity index (χ2v) is 4.64. The molecule has 92 valence electrons. The molecule has 1 aliphatic rings. The molecule has 2 N–H and O–H groups in total. The van der Waals surface area contributed by atoms with Gasteiger partial charge in [-0.15, -0.1) is 0 Å². The molecule has 1 amide bonds. The summed E-state index contributed by atoms with van der Waals surface area (Å²) in [4.78, 5) is 18.3. The van der Waals surface area contributed by atoms with Crippen molar-refractivity contribution < 1.29 is 4.79 Å². The Kier molecular flexibility index (Phi) is 3.61. The number of nitrogen functional groups attached to an aromatic ring is 1. The monoisotopic (exact) mass is 233 g/mol. The predicted octanol–water partition coefficient (Wildman–Crippen LogP) is 1.93. The number of nitrogens with two attached hydrogens (primary N) is 1. The number of rotatable bonds is 5. The van der Waals surface area contributed by atoms with E-state index in [0.29, 0.717) is 17.3 Å². The van der Waals surface area contributed by atoms with Gasteiger partial charge in [-0.05, 0) is 37.3 Å².